The van der Waals surface area contributed by atoms with Crippen LogP contribution >= 0.6 is 44.1 Å². The first-order valence-corrected chi connectivity index (χ1v) is 8.87. The number of hydrogen-bond donors (Lipinski definition) is 3. The first kappa shape index (κ1) is 19.5. The van der Waals surface area contributed by atoms with Gasteiger partial charge < -0.3 is 19.9 Å². The van der Waals surface area contributed by atoms with E-state index in [0.29, 0.717) is 31.7 Å². The summed E-state index contributed by atoms with van der Waals surface area (Å²) in [7, 11) is 3.01. The number of phenolic OH excluding ortho intramolecular Hbond substituents is 1. The zero-order valence-electron chi connectivity index (χ0n) is 13.2. The second kappa shape index (κ2) is 8.50. The van der Waals surface area contributed by atoms with Crippen molar-refractivity contribution in [2.45, 2.75) is 0 Å². The Morgan fingerprint density at radius 1 is 1.08 bits per heavy atom. The number of ether oxygens (including phenoxy) is 2. The van der Waals surface area contributed by atoms with Crippen molar-refractivity contribution in [3.05, 3.63) is 44.8 Å². The highest BCUT2D eigenvalue weighted by molar-refractivity contribution is 9.11. The van der Waals surface area contributed by atoms with Crippen LogP contribution in [-0.4, -0.2) is 30.3 Å². The summed E-state index contributed by atoms with van der Waals surface area (Å²) in [5.74, 6) is 0.653. The van der Waals surface area contributed by atoms with Gasteiger partial charge in [0, 0.05) is 11.3 Å². The van der Waals surface area contributed by atoms with Gasteiger partial charge in [0.15, 0.2) is 16.6 Å². The molecule has 0 atom stereocenters. The summed E-state index contributed by atoms with van der Waals surface area (Å²) in [6.45, 7) is 0. The van der Waals surface area contributed by atoms with Gasteiger partial charge in [-0.3, -0.25) is 10.1 Å². The average molecular weight is 490 g/mol. The molecule has 0 aliphatic rings. The molecule has 3 N–H and O–H groups in total. The molecule has 0 bridgehead atoms. The molecule has 0 aliphatic carbocycles. The number of thiocarbonyl (C=S) groups is 1. The van der Waals surface area contributed by atoms with Crippen molar-refractivity contribution in [3.8, 4) is 17.2 Å². The van der Waals surface area contributed by atoms with Gasteiger partial charge >= 0.3 is 0 Å². The fourth-order valence-electron chi connectivity index (χ4n) is 1.95. The van der Waals surface area contributed by atoms with Crippen LogP contribution in [0.4, 0.5) is 5.69 Å². The second-order valence-electron chi connectivity index (χ2n) is 4.77. The minimum absolute atomic E-state index is 0.0748. The van der Waals surface area contributed by atoms with Gasteiger partial charge in [-0.15, -0.1) is 0 Å². The summed E-state index contributed by atoms with van der Waals surface area (Å²) in [4.78, 5) is 12.3. The molecular weight excluding hydrogens is 476 g/mol. The first-order chi connectivity index (χ1) is 11.8. The maximum Gasteiger partial charge on any atom is 0.257 e. The summed E-state index contributed by atoms with van der Waals surface area (Å²) in [6.07, 6.45) is 0. The normalized spacial score (nSPS) is 10.1. The molecular formula is C16H14Br2N2O4S. The number of amides is 1. The van der Waals surface area contributed by atoms with Gasteiger partial charge in [-0.2, -0.15) is 0 Å². The summed E-state index contributed by atoms with van der Waals surface area (Å²) in [5.41, 5.74) is 0.962. The summed E-state index contributed by atoms with van der Waals surface area (Å²) >= 11 is 11.6. The van der Waals surface area contributed by atoms with Gasteiger partial charge in [-0.05, 0) is 74.4 Å². The largest absolute Gasteiger partial charge is 0.506 e. The van der Waals surface area contributed by atoms with Gasteiger partial charge in [-0.25, -0.2) is 0 Å². The Bertz CT molecular complexity index is 807. The zero-order valence-corrected chi connectivity index (χ0v) is 17.2. The number of methoxy groups -OCH3 is 2. The Balaban J connectivity index is 2.09. The van der Waals surface area contributed by atoms with Crippen LogP contribution in [0.1, 0.15) is 10.4 Å². The Morgan fingerprint density at radius 3 is 2.24 bits per heavy atom. The fourth-order valence-corrected chi connectivity index (χ4v) is 3.35. The van der Waals surface area contributed by atoms with E-state index >= 15 is 0 Å². The number of carbonyl (C=O) groups excluding carboxylic acids is 1. The number of phenols is 1. The number of nitrogens with one attached hydrogen (secondary N) is 2. The predicted octanol–water partition coefficient (Wildman–Crippen LogP) is 4.06. The Hall–Kier alpha value is -1.84. The van der Waals surface area contributed by atoms with E-state index < -0.39 is 5.91 Å². The van der Waals surface area contributed by atoms with Crippen molar-refractivity contribution in [1.82, 2.24) is 5.32 Å². The number of rotatable bonds is 4. The van der Waals surface area contributed by atoms with Crippen LogP contribution < -0.4 is 20.1 Å². The van der Waals surface area contributed by atoms with Crippen molar-refractivity contribution in [2.75, 3.05) is 19.5 Å². The van der Waals surface area contributed by atoms with Crippen LogP contribution in [0.3, 0.4) is 0 Å². The van der Waals surface area contributed by atoms with Gasteiger partial charge in [0.05, 0.1) is 23.2 Å². The van der Waals surface area contributed by atoms with E-state index in [4.69, 9.17) is 21.7 Å². The van der Waals surface area contributed by atoms with E-state index in [1.54, 1.807) is 30.3 Å². The average Bonchev–Trinajstić information content (AvgIpc) is 2.58. The number of carbonyl (C=O) groups is 1. The molecule has 0 aromatic heterocycles. The van der Waals surface area contributed by atoms with Crippen molar-refractivity contribution >= 4 is 60.8 Å². The number of anilines is 1. The highest BCUT2D eigenvalue weighted by Gasteiger charge is 2.13. The number of halogens is 2. The molecule has 0 saturated heterocycles. The van der Waals surface area contributed by atoms with Crippen LogP contribution in [0.15, 0.2) is 39.3 Å². The Morgan fingerprint density at radius 2 is 1.68 bits per heavy atom. The monoisotopic (exact) mass is 488 g/mol. The second-order valence-corrected chi connectivity index (χ2v) is 6.88. The number of benzene rings is 2. The lowest BCUT2D eigenvalue weighted by atomic mass is 10.2. The molecule has 0 fully saturated rings. The van der Waals surface area contributed by atoms with Crippen molar-refractivity contribution < 1.29 is 19.4 Å². The van der Waals surface area contributed by atoms with E-state index in [9.17, 15) is 9.90 Å². The van der Waals surface area contributed by atoms with Crippen molar-refractivity contribution in [3.63, 3.8) is 0 Å². The maximum absolute atomic E-state index is 12.3. The van der Waals surface area contributed by atoms with Crippen LogP contribution in [0.5, 0.6) is 17.2 Å². The van der Waals surface area contributed by atoms with Crippen LogP contribution in [0, 0.1) is 0 Å². The van der Waals surface area contributed by atoms with Crippen LogP contribution in [0.25, 0.3) is 0 Å². The third-order valence-corrected chi connectivity index (χ3v) is 4.56. The molecule has 1 amide bonds. The molecule has 9 heteroatoms. The molecule has 2 aromatic carbocycles. The highest BCUT2D eigenvalue weighted by Crippen LogP contribution is 2.35. The van der Waals surface area contributed by atoms with E-state index in [1.807, 2.05) is 0 Å². The smallest absolute Gasteiger partial charge is 0.257 e. The summed E-state index contributed by atoms with van der Waals surface area (Å²) in [5, 5.41) is 15.3. The highest BCUT2D eigenvalue weighted by atomic mass is 79.9. The van der Waals surface area contributed by atoms with Gasteiger partial charge in [0.2, 0.25) is 0 Å². The number of hydrogen-bond acceptors (Lipinski definition) is 5. The molecule has 132 valence electrons. The molecule has 25 heavy (non-hydrogen) atoms. The molecule has 0 unspecified atom stereocenters. The molecule has 2 rings (SSSR count). The molecule has 0 radical (unpaired) electrons. The molecule has 0 aliphatic heterocycles. The Labute approximate surface area is 166 Å². The minimum atomic E-state index is -0.393. The van der Waals surface area contributed by atoms with Crippen molar-refractivity contribution in [1.29, 1.82) is 0 Å². The van der Waals surface area contributed by atoms with Gasteiger partial charge in [-0.1, -0.05) is 0 Å². The van der Waals surface area contributed by atoms with Crippen LogP contribution in [-0.2, 0) is 0 Å². The molecule has 0 heterocycles. The third-order valence-electron chi connectivity index (χ3n) is 3.15. The van der Waals surface area contributed by atoms with Crippen molar-refractivity contribution in [2.24, 2.45) is 0 Å². The summed E-state index contributed by atoms with van der Waals surface area (Å²) < 4.78 is 11.3. The minimum Gasteiger partial charge on any atom is -0.506 e. The third kappa shape index (κ3) is 4.83. The van der Waals surface area contributed by atoms with E-state index in [2.05, 4.69) is 42.5 Å². The Kier molecular flexibility index (Phi) is 6.63. The quantitative estimate of drug-likeness (QED) is 0.444. The molecule has 0 saturated carbocycles. The molecule has 2 aromatic rings. The maximum atomic E-state index is 12.3. The number of aromatic hydroxyl groups is 1. The van der Waals surface area contributed by atoms with E-state index in [1.165, 1.54) is 14.2 Å². The van der Waals surface area contributed by atoms with Crippen LogP contribution in [0.2, 0.25) is 0 Å². The van der Waals surface area contributed by atoms with E-state index in [-0.39, 0.29) is 10.9 Å². The lowest BCUT2D eigenvalue weighted by molar-refractivity contribution is 0.0977. The van der Waals surface area contributed by atoms with E-state index in [0.717, 1.165) is 0 Å². The lowest BCUT2D eigenvalue weighted by Gasteiger charge is -2.12. The summed E-state index contributed by atoms with van der Waals surface area (Å²) in [6, 6.07) is 8.07. The molecule has 6 nitrogen and oxygen atoms in total. The molecule has 0 spiro atoms. The van der Waals surface area contributed by atoms with Gasteiger partial charge in [0.25, 0.3) is 5.91 Å². The van der Waals surface area contributed by atoms with Gasteiger partial charge in [0.1, 0.15) is 5.75 Å². The zero-order chi connectivity index (χ0) is 18.6. The standard InChI is InChI=1S/C16H14Br2N2O4S/c1-23-12-4-3-8(5-13(12)24-2)15(22)20-16(25)19-9-6-10(17)14(21)11(18)7-9/h3-7,21H,1-2H3,(H2,19,20,22,25). The SMILES string of the molecule is COc1ccc(C(=O)NC(=S)Nc2cc(Br)c(O)c(Br)c2)cc1OC. The lowest BCUT2D eigenvalue weighted by Crippen LogP contribution is -2.34. The first-order valence-electron chi connectivity index (χ1n) is 6.88. The fraction of sp³-hybridized carbons (Fsp3) is 0.125. The predicted molar refractivity (Wildman–Crippen MR) is 107 cm³/mol. The topological polar surface area (TPSA) is 79.8 Å².